The smallest absolute Gasteiger partial charge is 0.315 e. The van der Waals surface area contributed by atoms with Crippen LogP contribution in [-0.4, -0.2) is 48.0 Å². The highest BCUT2D eigenvalue weighted by atomic mass is 19.1. The molecule has 0 N–H and O–H groups in total. The minimum Gasteiger partial charge on any atom is -0.315 e. The summed E-state index contributed by atoms with van der Waals surface area (Å²) in [5.41, 5.74) is 1.26. The quantitative estimate of drug-likeness (QED) is 0.567. The van der Waals surface area contributed by atoms with E-state index in [1.165, 1.54) is 15.4 Å². The Morgan fingerprint density at radius 1 is 1.26 bits per heavy atom. The molecule has 0 spiro atoms. The summed E-state index contributed by atoms with van der Waals surface area (Å²) in [6.07, 6.45) is 4.29. The van der Waals surface area contributed by atoms with Crippen molar-refractivity contribution in [2.45, 2.75) is 32.1 Å². The van der Waals surface area contributed by atoms with Gasteiger partial charge in [-0.3, -0.25) is 14.1 Å². The van der Waals surface area contributed by atoms with Gasteiger partial charge in [0.25, 0.3) is 0 Å². The van der Waals surface area contributed by atoms with Crippen molar-refractivity contribution >= 4 is 11.9 Å². The largest absolute Gasteiger partial charge is 0.327 e. The summed E-state index contributed by atoms with van der Waals surface area (Å²) < 4.78 is 12.1. The lowest BCUT2D eigenvalue weighted by molar-refractivity contribution is -0.125. The number of carbonyl (C=O) groups excluding carboxylic acids is 2. The molecule has 5 heteroatoms. The summed E-state index contributed by atoms with van der Waals surface area (Å²) in [7, 11) is 0. The van der Waals surface area contributed by atoms with E-state index in [2.05, 4.69) is 6.58 Å². The summed E-state index contributed by atoms with van der Waals surface area (Å²) >= 11 is 0. The van der Waals surface area contributed by atoms with Crippen LogP contribution in [0.3, 0.4) is 0 Å². The number of allylic oxidation sites excluding steroid dienone is 1. The van der Waals surface area contributed by atoms with E-state index in [1.807, 2.05) is 0 Å². The van der Waals surface area contributed by atoms with Crippen LogP contribution in [0, 0.1) is 5.92 Å². The van der Waals surface area contributed by atoms with Gasteiger partial charge in [0.2, 0.25) is 5.91 Å². The minimum absolute atomic E-state index is 0.109. The van der Waals surface area contributed by atoms with E-state index in [0.717, 1.165) is 25.7 Å². The molecule has 0 bridgehead atoms. The Kier molecular flexibility index (Phi) is 4.56. The molecule has 19 heavy (non-hydrogen) atoms. The average Bonchev–Trinajstić information content (AvgIpc) is 2.66. The maximum Gasteiger partial charge on any atom is 0.327 e. The second-order valence-corrected chi connectivity index (χ2v) is 5.44. The van der Waals surface area contributed by atoms with Crippen LogP contribution >= 0.6 is 0 Å². The number of halogens is 1. The first kappa shape index (κ1) is 14.0. The van der Waals surface area contributed by atoms with Gasteiger partial charge in [-0.15, -0.1) is 0 Å². The molecule has 0 atom stereocenters. The summed E-state index contributed by atoms with van der Waals surface area (Å²) in [4.78, 5) is 26.7. The third-order valence-electron chi connectivity index (χ3n) is 3.94. The van der Waals surface area contributed by atoms with Gasteiger partial charge in [-0.05, 0) is 38.0 Å². The van der Waals surface area contributed by atoms with E-state index in [9.17, 15) is 14.0 Å². The lowest BCUT2D eigenvalue weighted by atomic mass is 9.86. The van der Waals surface area contributed by atoms with Crippen molar-refractivity contribution in [1.29, 1.82) is 0 Å². The SMILES string of the molecule is C=C1CCC(CN2C(=O)CN(CCCF)C2=O)CC1. The number of hydrogen-bond donors (Lipinski definition) is 0. The van der Waals surface area contributed by atoms with Crippen molar-refractivity contribution < 1.29 is 14.0 Å². The molecule has 1 saturated heterocycles. The van der Waals surface area contributed by atoms with Gasteiger partial charge in [-0.2, -0.15) is 0 Å². The zero-order chi connectivity index (χ0) is 13.8. The molecule has 2 rings (SSSR count). The normalized spacial score (nSPS) is 21.6. The van der Waals surface area contributed by atoms with Crippen LogP contribution in [0.25, 0.3) is 0 Å². The van der Waals surface area contributed by atoms with Crippen molar-refractivity contribution in [3.63, 3.8) is 0 Å². The van der Waals surface area contributed by atoms with Gasteiger partial charge in [0.15, 0.2) is 0 Å². The van der Waals surface area contributed by atoms with Crippen LogP contribution < -0.4 is 0 Å². The second kappa shape index (κ2) is 6.17. The van der Waals surface area contributed by atoms with Crippen LogP contribution in [0.5, 0.6) is 0 Å². The number of amides is 3. The van der Waals surface area contributed by atoms with E-state index in [0.29, 0.717) is 25.4 Å². The van der Waals surface area contributed by atoms with Crippen molar-refractivity contribution in [2.75, 3.05) is 26.3 Å². The third kappa shape index (κ3) is 3.33. The van der Waals surface area contributed by atoms with E-state index >= 15 is 0 Å². The summed E-state index contributed by atoms with van der Waals surface area (Å²) in [5.74, 6) is 0.243. The fourth-order valence-corrected chi connectivity index (χ4v) is 2.73. The van der Waals surface area contributed by atoms with Crippen molar-refractivity contribution in [3.05, 3.63) is 12.2 Å². The minimum atomic E-state index is -0.456. The molecule has 0 unspecified atom stereocenters. The molecule has 0 aromatic carbocycles. The predicted molar refractivity (Wildman–Crippen MR) is 70.4 cm³/mol. The highest BCUT2D eigenvalue weighted by molar-refractivity contribution is 6.01. The number of carbonyl (C=O) groups is 2. The van der Waals surface area contributed by atoms with Crippen molar-refractivity contribution in [2.24, 2.45) is 5.92 Å². The predicted octanol–water partition coefficient (Wildman–Crippen LogP) is 2.36. The molecule has 3 amide bonds. The van der Waals surface area contributed by atoms with E-state index < -0.39 is 6.67 Å². The number of imide groups is 1. The topological polar surface area (TPSA) is 40.6 Å². The Morgan fingerprint density at radius 2 is 1.95 bits per heavy atom. The molecule has 106 valence electrons. The van der Waals surface area contributed by atoms with Crippen LogP contribution in [0.15, 0.2) is 12.2 Å². The van der Waals surface area contributed by atoms with Crippen LogP contribution in [-0.2, 0) is 4.79 Å². The first-order chi connectivity index (χ1) is 9.11. The van der Waals surface area contributed by atoms with Gasteiger partial charge in [0.1, 0.15) is 6.54 Å². The highest BCUT2D eigenvalue weighted by Crippen LogP contribution is 2.28. The number of hydrogen-bond acceptors (Lipinski definition) is 2. The Morgan fingerprint density at radius 3 is 2.58 bits per heavy atom. The molecule has 1 aliphatic heterocycles. The zero-order valence-electron chi connectivity index (χ0n) is 11.2. The zero-order valence-corrected chi connectivity index (χ0v) is 11.2. The molecule has 0 radical (unpaired) electrons. The van der Waals surface area contributed by atoms with Gasteiger partial charge in [0.05, 0.1) is 6.67 Å². The maximum absolute atomic E-state index is 12.1. The summed E-state index contributed by atoms with van der Waals surface area (Å²) in [6.45, 7) is 4.46. The lowest BCUT2D eigenvalue weighted by Gasteiger charge is -2.26. The number of nitrogens with zero attached hydrogens (tertiary/aromatic N) is 2. The average molecular weight is 268 g/mol. The van der Waals surface area contributed by atoms with Gasteiger partial charge >= 0.3 is 6.03 Å². The highest BCUT2D eigenvalue weighted by Gasteiger charge is 2.36. The first-order valence-electron chi connectivity index (χ1n) is 6.93. The lowest BCUT2D eigenvalue weighted by Crippen LogP contribution is -2.37. The molecule has 2 fully saturated rings. The molecule has 1 saturated carbocycles. The molecule has 4 nitrogen and oxygen atoms in total. The van der Waals surface area contributed by atoms with Crippen LogP contribution in [0.1, 0.15) is 32.1 Å². The first-order valence-corrected chi connectivity index (χ1v) is 6.93. The standard InChI is InChI=1S/C14H21FN2O2/c1-11-3-5-12(6-4-11)9-17-13(18)10-16(14(17)19)8-2-7-15/h12H,1-10H2. The van der Waals surface area contributed by atoms with Crippen LogP contribution in [0.4, 0.5) is 9.18 Å². The van der Waals surface area contributed by atoms with E-state index in [4.69, 9.17) is 0 Å². The number of alkyl halides is 1. The second-order valence-electron chi connectivity index (χ2n) is 5.44. The maximum atomic E-state index is 12.1. The molecule has 1 heterocycles. The Hall–Kier alpha value is -1.39. The monoisotopic (exact) mass is 268 g/mol. The third-order valence-corrected chi connectivity index (χ3v) is 3.94. The number of urea groups is 1. The molecule has 2 aliphatic rings. The molecule has 1 aliphatic carbocycles. The Balaban J connectivity index is 1.87. The summed E-state index contributed by atoms with van der Waals surface area (Å²) in [6, 6.07) is -0.247. The van der Waals surface area contributed by atoms with Gasteiger partial charge < -0.3 is 4.90 Å². The van der Waals surface area contributed by atoms with Crippen molar-refractivity contribution in [3.8, 4) is 0 Å². The molecule has 0 aromatic rings. The molecular formula is C14H21FN2O2. The Labute approximate surface area is 113 Å². The van der Waals surface area contributed by atoms with Gasteiger partial charge in [-0.1, -0.05) is 12.2 Å². The fourth-order valence-electron chi connectivity index (χ4n) is 2.73. The van der Waals surface area contributed by atoms with E-state index in [1.54, 1.807) is 0 Å². The van der Waals surface area contributed by atoms with Crippen LogP contribution in [0.2, 0.25) is 0 Å². The Bertz CT molecular complexity index is 374. The molecular weight excluding hydrogens is 247 g/mol. The van der Waals surface area contributed by atoms with E-state index in [-0.39, 0.29) is 18.5 Å². The molecule has 0 aromatic heterocycles. The van der Waals surface area contributed by atoms with Gasteiger partial charge in [0, 0.05) is 13.1 Å². The van der Waals surface area contributed by atoms with Gasteiger partial charge in [-0.25, -0.2) is 4.79 Å². The van der Waals surface area contributed by atoms with Crippen molar-refractivity contribution in [1.82, 2.24) is 9.80 Å². The summed E-state index contributed by atoms with van der Waals surface area (Å²) in [5, 5.41) is 0. The number of rotatable bonds is 5. The fraction of sp³-hybridized carbons (Fsp3) is 0.714.